The average Bonchev–Trinajstić information content (AvgIpc) is 2.60. The highest BCUT2D eigenvalue weighted by atomic mass is 16.2. The summed E-state index contributed by atoms with van der Waals surface area (Å²) < 4.78 is 0. The smallest absolute Gasteiger partial charge is 0.256 e. The van der Waals surface area contributed by atoms with Gasteiger partial charge in [0.15, 0.2) is 0 Å². The lowest BCUT2D eigenvalue weighted by Gasteiger charge is -2.14. The maximum absolute atomic E-state index is 12.9. The predicted octanol–water partition coefficient (Wildman–Crippen LogP) is 3.93. The van der Waals surface area contributed by atoms with Crippen molar-refractivity contribution in [1.29, 1.82) is 0 Å². The third kappa shape index (κ3) is 3.72. The number of fused-ring (bicyclic) bond motifs is 1. The van der Waals surface area contributed by atoms with Crippen LogP contribution in [0, 0.1) is 6.92 Å². The molecule has 0 fully saturated rings. The molecule has 1 aromatic heterocycles. The molecule has 0 aliphatic carbocycles. The van der Waals surface area contributed by atoms with Gasteiger partial charge in [-0.25, -0.2) is 0 Å². The molecule has 0 aliphatic heterocycles. The van der Waals surface area contributed by atoms with Gasteiger partial charge in [0, 0.05) is 17.1 Å². The number of para-hydroxylation sites is 2. The fraction of sp³-hybridized carbons (Fsp3) is 0.190. The highest BCUT2D eigenvalue weighted by molar-refractivity contribution is 6.14. The first-order chi connectivity index (χ1) is 12.5. The van der Waals surface area contributed by atoms with E-state index in [0.29, 0.717) is 16.8 Å². The molecule has 2 aromatic carbocycles. The van der Waals surface area contributed by atoms with Crippen LogP contribution in [0.1, 0.15) is 40.3 Å². The van der Waals surface area contributed by atoms with Gasteiger partial charge in [-0.3, -0.25) is 14.6 Å². The van der Waals surface area contributed by atoms with Gasteiger partial charge in [0.1, 0.15) is 0 Å². The summed E-state index contributed by atoms with van der Waals surface area (Å²) in [6.07, 6.45) is 0. The molecule has 0 spiro atoms. The number of anilines is 1. The van der Waals surface area contributed by atoms with E-state index in [0.717, 1.165) is 16.6 Å². The number of carbonyl (C=O) groups excluding carboxylic acids is 2. The molecule has 132 valence electrons. The van der Waals surface area contributed by atoms with Crippen LogP contribution in [-0.2, 0) is 0 Å². The molecule has 0 bridgehead atoms. The Balaban J connectivity index is 1.96. The van der Waals surface area contributed by atoms with Crippen LogP contribution in [0.5, 0.6) is 0 Å². The van der Waals surface area contributed by atoms with E-state index in [4.69, 9.17) is 0 Å². The van der Waals surface area contributed by atoms with Crippen LogP contribution in [0.2, 0.25) is 0 Å². The van der Waals surface area contributed by atoms with Gasteiger partial charge in [-0.05, 0) is 45.0 Å². The summed E-state index contributed by atoms with van der Waals surface area (Å²) in [5.41, 5.74) is 2.98. The molecule has 2 amide bonds. The maximum Gasteiger partial charge on any atom is 0.256 e. The topological polar surface area (TPSA) is 71.1 Å². The van der Waals surface area contributed by atoms with Crippen molar-refractivity contribution in [2.75, 3.05) is 5.32 Å². The first-order valence-corrected chi connectivity index (χ1v) is 8.53. The second kappa shape index (κ2) is 7.35. The van der Waals surface area contributed by atoms with Gasteiger partial charge in [-0.2, -0.15) is 0 Å². The molecule has 3 aromatic rings. The number of benzene rings is 2. The summed E-state index contributed by atoms with van der Waals surface area (Å²) >= 11 is 0. The van der Waals surface area contributed by atoms with Gasteiger partial charge in [0.05, 0.1) is 22.3 Å². The minimum atomic E-state index is -0.267. The van der Waals surface area contributed by atoms with E-state index in [2.05, 4.69) is 15.6 Å². The number of hydrogen-bond donors (Lipinski definition) is 2. The summed E-state index contributed by atoms with van der Waals surface area (Å²) in [5, 5.41) is 6.50. The molecule has 5 nitrogen and oxygen atoms in total. The second-order valence-corrected chi connectivity index (χ2v) is 6.46. The Hall–Kier alpha value is -3.21. The zero-order chi connectivity index (χ0) is 18.7. The molecular weight excluding hydrogens is 326 g/mol. The van der Waals surface area contributed by atoms with Crippen LogP contribution in [0.4, 0.5) is 5.69 Å². The van der Waals surface area contributed by atoms with Gasteiger partial charge in [-0.15, -0.1) is 0 Å². The van der Waals surface area contributed by atoms with Crippen LogP contribution < -0.4 is 10.6 Å². The second-order valence-electron chi connectivity index (χ2n) is 6.46. The first kappa shape index (κ1) is 17.6. The van der Waals surface area contributed by atoms with Crippen molar-refractivity contribution in [2.45, 2.75) is 26.8 Å². The molecule has 0 unspecified atom stereocenters. The van der Waals surface area contributed by atoms with Crippen LogP contribution in [-0.4, -0.2) is 22.8 Å². The number of hydrogen-bond acceptors (Lipinski definition) is 3. The number of aryl methyl sites for hydroxylation is 1. The third-order valence-electron chi connectivity index (χ3n) is 3.93. The summed E-state index contributed by atoms with van der Waals surface area (Å²) in [6, 6.07) is 16.3. The van der Waals surface area contributed by atoms with E-state index >= 15 is 0 Å². The maximum atomic E-state index is 12.9. The number of nitrogens with zero attached hydrogens (tertiary/aromatic N) is 1. The normalized spacial score (nSPS) is 10.8. The largest absolute Gasteiger partial charge is 0.350 e. The molecule has 5 heteroatoms. The van der Waals surface area contributed by atoms with Gasteiger partial charge in [0.2, 0.25) is 0 Å². The molecule has 0 saturated carbocycles. The molecule has 2 N–H and O–H groups in total. The molecule has 0 radical (unpaired) electrons. The average molecular weight is 347 g/mol. The number of aromatic nitrogens is 1. The Morgan fingerprint density at radius 2 is 1.62 bits per heavy atom. The molecule has 1 heterocycles. The minimum Gasteiger partial charge on any atom is -0.350 e. The molecule has 0 aliphatic rings. The lowest BCUT2D eigenvalue weighted by molar-refractivity contribution is 0.0944. The van der Waals surface area contributed by atoms with Crippen molar-refractivity contribution in [1.82, 2.24) is 10.3 Å². The van der Waals surface area contributed by atoms with E-state index in [1.54, 1.807) is 30.3 Å². The Morgan fingerprint density at radius 1 is 0.923 bits per heavy atom. The Bertz CT molecular complexity index is 980. The van der Waals surface area contributed by atoms with E-state index in [9.17, 15) is 9.59 Å². The van der Waals surface area contributed by atoms with E-state index in [-0.39, 0.29) is 17.9 Å². The highest BCUT2D eigenvalue weighted by Gasteiger charge is 2.16. The van der Waals surface area contributed by atoms with E-state index in [1.165, 1.54) is 0 Å². The van der Waals surface area contributed by atoms with Crippen molar-refractivity contribution in [3.8, 4) is 0 Å². The predicted molar refractivity (Wildman–Crippen MR) is 103 cm³/mol. The third-order valence-corrected chi connectivity index (χ3v) is 3.93. The highest BCUT2D eigenvalue weighted by Crippen LogP contribution is 2.21. The van der Waals surface area contributed by atoms with Crippen molar-refractivity contribution < 1.29 is 9.59 Å². The minimum absolute atomic E-state index is 0.0121. The van der Waals surface area contributed by atoms with E-state index < -0.39 is 0 Å². The number of carbonyl (C=O) groups is 2. The van der Waals surface area contributed by atoms with Crippen molar-refractivity contribution in [3.63, 3.8) is 0 Å². The van der Waals surface area contributed by atoms with Gasteiger partial charge in [-0.1, -0.05) is 30.3 Å². The zero-order valence-corrected chi connectivity index (χ0v) is 15.0. The molecule has 26 heavy (non-hydrogen) atoms. The quantitative estimate of drug-likeness (QED) is 0.751. The van der Waals surface area contributed by atoms with Crippen LogP contribution in [0.15, 0.2) is 54.6 Å². The van der Waals surface area contributed by atoms with Crippen LogP contribution in [0.3, 0.4) is 0 Å². The zero-order valence-electron chi connectivity index (χ0n) is 15.0. The summed E-state index contributed by atoms with van der Waals surface area (Å²) in [6.45, 7) is 5.64. The lowest BCUT2D eigenvalue weighted by Crippen LogP contribution is -2.31. The summed E-state index contributed by atoms with van der Waals surface area (Å²) in [4.78, 5) is 29.8. The summed E-state index contributed by atoms with van der Waals surface area (Å²) in [5.74, 6) is -0.483. The van der Waals surface area contributed by atoms with Crippen LogP contribution >= 0.6 is 0 Å². The monoisotopic (exact) mass is 347 g/mol. The van der Waals surface area contributed by atoms with E-state index in [1.807, 2.05) is 45.0 Å². The fourth-order valence-electron chi connectivity index (χ4n) is 2.82. The number of pyridine rings is 1. The van der Waals surface area contributed by atoms with Crippen LogP contribution in [0.25, 0.3) is 10.9 Å². The van der Waals surface area contributed by atoms with Crippen molar-refractivity contribution in [2.24, 2.45) is 0 Å². The van der Waals surface area contributed by atoms with Gasteiger partial charge in [0.25, 0.3) is 11.8 Å². The molecule has 3 rings (SSSR count). The van der Waals surface area contributed by atoms with Crippen molar-refractivity contribution >= 4 is 28.4 Å². The fourth-order valence-corrected chi connectivity index (χ4v) is 2.82. The summed E-state index contributed by atoms with van der Waals surface area (Å²) in [7, 11) is 0. The SMILES string of the molecule is Cc1cc(C(=O)Nc2ccccc2C(=O)NC(C)C)c2ccccc2n1. The lowest BCUT2D eigenvalue weighted by atomic mass is 10.1. The molecular formula is C21H21N3O2. The Kier molecular flexibility index (Phi) is 4.98. The number of rotatable bonds is 4. The Labute approximate surface area is 152 Å². The van der Waals surface area contributed by atoms with Gasteiger partial charge >= 0.3 is 0 Å². The van der Waals surface area contributed by atoms with Gasteiger partial charge < -0.3 is 10.6 Å². The number of nitrogens with one attached hydrogen (secondary N) is 2. The first-order valence-electron chi connectivity index (χ1n) is 8.53. The standard InChI is InChI=1S/C21H21N3O2/c1-13(2)22-20(25)16-9-5-7-11-19(16)24-21(26)17-12-14(3)23-18-10-6-4-8-15(17)18/h4-13H,1-3H3,(H,22,25)(H,24,26). The number of amides is 2. The van der Waals surface area contributed by atoms with Crippen molar-refractivity contribution in [3.05, 3.63) is 71.4 Å². The Morgan fingerprint density at radius 3 is 2.38 bits per heavy atom. The molecule has 0 atom stereocenters. The molecule has 0 saturated heterocycles.